The number of rotatable bonds is 16. The standard InChI is InChI=1S/C21H22N4O3.C20H20N4O3.CH4.Li.2H2O/c1-28-21(27)20(17-10-6-3-7-11-17)23-19(26)13-12-18-14-22-24-25(18)15-16-8-4-2-5-9-16;25-18(22-19(20(26)27)16-9-5-2-6-10-16)12-11-17-13-21-23-24(17)14-15-7-3-1-4-8-15;;;;/h2-11,14,20H,12-13,15H2,1H3,(H,23,26);1-10,13,19H,11-12,14H2,(H,22,25)(H,26,27);1H4;;2*1H2/q;;;+1;;/p-1/t20-;19-;;;;/m11..../s1. The number of ether oxygens (including phenoxy) is 1. The molecule has 0 spiro atoms. The molecule has 16 nitrogen and oxygen atoms in total. The van der Waals surface area contributed by atoms with E-state index >= 15 is 0 Å². The number of carboxylic acid groups (broad SMARTS) is 1. The van der Waals surface area contributed by atoms with Crippen molar-refractivity contribution in [2.24, 2.45) is 0 Å². The number of carbonyl (C=O) groups excluding carboxylic acids is 3. The summed E-state index contributed by atoms with van der Waals surface area (Å²) in [6.45, 7) is 1.16. The Hall–Kier alpha value is -6.44. The molecule has 2 heterocycles. The summed E-state index contributed by atoms with van der Waals surface area (Å²) in [5.41, 5.74) is 5.08. The Morgan fingerprint density at radius 1 is 0.627 bits per heavy atom. The molecule has 4 aromatic carbocycles. The van der Waals surface area contributed by atoms with Crippen molar-refractivity contribution in [2.75, 3.05) is 7.11 Å². The maximum absolute atomic E-state index is 12.4. The quantitative estimate of drug-likeness (QED) is 0.0925. The molecule has 2 atom stereocenters. The van der Waals surface area contributed by atoms with Crippen LogP contribution in [0.4, 0.5) is 0 Å². The Balaban J connectivity index is 0.000000553. The molecule has 6 rings (SSSR count). The van der Waals surface area contributed by atoms with Crippen LogP contribution in [0.3, 0.4) is 0 Å². The Labute approximate surface area is 354 Å². The molecule has 2 aromatic heterocycles. The zero-order chi connectivity index (χ0) is 38.8. The number of nitrogens with zero attached hydrogens (tertiary/aromatic N) is 6. The molecule has 306 valence electrons. The van der Waals surface area contributed by atoms with Crippen LogP contribution in [0.2, 0.25) is 0 Å². The van der Waals surface area contributed by atoms with Gasteiger partial charge in [0.2, 0.25) is 11.8 Å². The van der Waals surface area contributed by atoms with Crippen LogP contribution in [0.25, 0.3) is 0 Å². The summed E-state index contributed by atoms with van der Waals surface area (Å²) < 4.78 is 8.35. The summed E-state index contributed by atoms with van der Waals surface area (Å²) in [5.74, 6) is -2.17. The molecule has 0 unspecified atom stereocenters. The molecular formula is C42H49LiN8O8. The van der Waals surface area contributed by atoms with Gasteiger partial charge in [-0.2, -0.15) is 0 Å². The molecule has 2 amide bonds. The maximum atomic E-state index is 12.4. The maximum Gasteiger partial charge on any atom is 1.00 e. The van der Waals surface area contributed by atoms with E-state index in [9.17, 15) is 24.3 Å². The van der Waals surface area contributed by atoms with Gasteiger partial charge in [0.25, 0.3) is 0 Å². The van der Waals surface area contributed by atoms with Gasteiger partial charge in [-0.1, -0.05) is 139 Å². The van der Waals surface area contributed by atoms with E-state index in [2.05, 4.69) is 31.3 Å². The van der Waals surface area contributed by atoms with E-state index in [1.165, 1.54) is 7.11 Å². The van der Waals surface area contributed by atoms with Crippen molar-refractivity contribution in [1.82, 2.24) is 40.6 Å². The Bertz CT molecular complexity index is 2120. The molecule has 0 saturated heterocycles. The molecule has 0 radical (unpaired) electrons. The second kappa shape index (κ2) is 26.5. The van der Waals surface area contributed by atoms with Gasteiger partial charge in [0.05, 0.1) is 44.0 Å². The largest absolute Gasteiger partial charge is 1.00 e. The third-order valence-electron chi connectivity index (χ3n) is 8.52. The van der Waals surface area contributed by atoms with Gasteiger partial charge in [-0.3, -0.25) is 9.59 Å². The van der Waals surface area contributed by atoms with Crippen LogP contribution in [-0.4, -0.2) is 76.9 Å². The first-order valence-corrected chi connectivity index (χ1v) is 17.6. The number of aryl methyl sites for hydroxylation is 2. The third-order valence-corrected chi connectivity index (χ3v) is 8.52. The van der Waals surface area contributed by atoms with Crippen molar-refractivity contribution in [3.63, 3.8) is 0 Å². The van der Waals surface area contributed by atoms with Crippen LogP contribution >= 0.6 is 0 Å². The summed E-state index contributed by atoms with van der Waals surface area (Å²) in [6.07, 6.45) is 4.54. The second-order valence-electron chi connectivity index (χ2n) is 12.4. The first-order valence-electron chi connectivity index (χ1n) is 17.6. The van der Waals surface area contributed by atoms with Crippen LogP contribution in [0.15, 0.2) is 134 Å². The van der Waals surface area contributed by atoms with Crippen molar-refractivity contribution < 1.29 is 58.8 Å². The molecule has 6 N–H and O–H groups in total. The van der Waals surface area contributed by atoms with E-state index in [0.29, 0.717) is 37.1 Å². The van der Waals surface area contributed by atoms with Gasteiger partial charge >= 0.3 is 30.8 Å². The third kappa shape index (κ3) is 15.8. The molecule has 0 aliphatic carbocycles. The fourth-order valence-electron chi connectivity index (χ4n) is 5.65. The number of methoxy groups -OCH3 is 1. The predicted molar refractivity (Wildman–Crippen MR) is 214 cm³/mol. The van der Waals surface area contributed by atoms with Crippen molar-refractivity contribution in [2.45, 2.75) is 58.3 Å². The summed E-state index contributed by atoms with van der Waals surface area (Å²) in [7, 11) is 1.30. The van der Waals surface area contributed by atoms with Crippen molar-refractivity contribution in [3.05, 3.63) is 167 Å². The van der Waals surface area contributed by atoms with Crippen LogP contribution in [0, 0.1) is 0 Å². The van der Waals surface area contributed by atoms with Gasteiger partial charge in [0.15, 0.2) is 12.1 Å². The van der Waals surface area contributed by atoms with E-state index in [1.807, 2.05) is 78.9 Å². The second-order valence-corrected chi connectivity index (χ2v) is 12.4. The van der Waals surface area contributed by atoms with E-state index in [1.54, 1.807) is 64.2 Å². The van der Waals surface area contributed by atoms with Crippen LogP contribution in [-0.2, 0) is 49.8 Å². The smallest absolute Gasteiger partial charge is 0.870 e. The fourth-order valence-corrected chi connectivity index (χ4v) is 5.65. The van der Waals surface area contributed by atoms with Crippen molar-refractivity contribution in [3.8, 4) is 0 Å². The average Bonchev–Trinajstić information content (AvgIpc) is 3.87. The molecule has 17 heteroatoms. The minimum Gasteiger partial charge on any atom is -0.870 e. The number of hydrogen-bond donors (Lipinski definition) is 3. The number of nitrogens with one attached hydrogen (secondary N) is 2. The van der Waals surface area contributed by atoms with Crippen LogP contribution in [0.5, 0.6) is 0 Å². The number of benzene rings is 4. The zero-order valence-electron chi connectivity index (χ0n) is 32.2. The molecule has 0 bridgehead atoms. The predicted octanol–water partition coefficient (Wildman–Crippen LogP) is 1.13. The number of aromatic nitrogens is 6. The first kappa shape index (κ1) is 50.6. The van der Waals surface area contributed by atoms with Gasteiger partial charge in [0, 0.05) is 12.8 Å². The minimum absolute atomic E-state index is 0. The number of esters is 1. The SMILES string of the molecule is C.COC(=O)[C@H](NC(=O)CCc1cnnn1Cc1ccccc1)c1ccccc1.O.O=C(CCc1cnnn1Cc1ccccc1)N[C@@H](C(=O)O)c1ccccc1.[Li+].[OH-]. The Morgan fingerprint density at radius 3 is 1.36 bits per heavy atom. The van der Waals surface area contributed by atoms with Crippen molar-refractivity contribution in [1.29, 1.82) is 0 Å². The summed E-state index contributed by atoms with van der Waals surface area (Å²) in [5, 5.41) is 30.8. The number of hydrogen-bond acceptors (Lipinski definition) is 10. The van der Waals surface area contributed by atoms with Gasteiger partial charge in [-0.05, 0) is 35.1 Å². The van der Waals surface area contributed by atoms with E-state index in [4.69, 9.17) is 4.74 Å². The van der Waals surface area contributed by atoms with Crippen LogP contribution in [0.1, 0.15) is 66.0 Å². The minimum atomic E-state index is -1.09. The number of aliphatic carboxylic acids is 1. The monoisotopic (exact) mass is 800 g/mol. The molecule has 0 aliphatic rings. The molecule has 0 saturated carbocycles. The van der Waals surface area contributed by atoms with Crippen molar-refractivity contribution >= 4 is 23.8 Å². The Morgan fingerprint density at radius 2 is 0.983 bits per heavy atom. The molecular weight excluding hydrogens is 751 g/mol. The van der Waals surface area contributed by atoms with Gasteiger partial charge in [-0.25, -0.2) is 19.0 Å². The topological polar surface area (TPSA) is 245 Å². The number of carboxylic acids is 1. The Kier molecular flexibility index (Phi) is 22.7. The normalized spacial score (nSPS) is 10.9. The summed E-state index contributed by atoms with van der Waals surface area (Å²) >= 11 is 0. The summed E-state index contributed by atoms with van der Waals surface area (Å²) in [6, 6.07) is 35.5. The molecule has 0 aliphatic heterocycles. The van der Waals surface area contributed by atoms with Gasteiger partial charge in [-0.15, -0.1) is 10.2 Å². The first-order chi connectivity index (χ1) is 26.8. The van der Waals surface area contributed by atoms with Gasteiger partial charge in [0.1, 0.15) is 0 Å². The van der Waals surface area contributed by atoms with E-state index in [0.717, 1.165) is 22.5 Å². The van der Waals surface area contributed by atoms with E-state index in [-0.39, 0.29) is 61.9 Å². The van der Waals surface area contributed by atoms with E-state index < -0.39 is 24.0 Å². The average molecular weight is 801 g/mol. The molecule has 0 fully saturated rings. The molecule has 59 heavy (non-hydrogen) atoms. The summed E-state index contributed by atoms with van der Waals surface area (Å²) in [4.78, 5) is 48.3. The van der Waals surface area contributed by atoms with Gasteiger partial charge < -0.3 is 31.4 Å². The molecule has 6 aromatic rings. The zero-order valence-corrected chi connectivity index (χ0v) is 32.2. The van der Waals surface area contributed by atoms with Crippen LogP contribution < -0.4 is 29.5 Å². The fraction of sp³-hybridized carbons (Fsp3) is 0.238. The number of carbonyl (C=O) groups is 4. The number of amides is 2.